The van der Waals surface area contributed by atoms with E-state index in [4.69, 9.17) is 11.6 Å². The largest absolute Gasteiger partial charge is 0.384 e. The Kier molecular flexibility index (Phi) is 5.65. The summed E-state index contributed by atoms with van der Waals surface area (Å²) in [5.41, 5.74) is 2.80. The molecule has 2 aromatic carbocycles. The lowest BCUT2D eigenvalue weighted by molar-refractivity contribution is -0.115. The molecule has 0 atom stereocenters. The number of benzene rings is 2. The first kappa shape index (κ1) is 15.9. The quantitative estimate of drug-likeness (QED) is 0.793. The van der Waals surface area contributed by atoms with Crippen molar-refractivity contribution in [3.8, 4) is 0 Å². The third kappa shape index (κ3) is 4.76. The van der Waals surface area contributed by atoms with Crippen molar-refractivity contribution in [2.45, 2.75) is 13.3 Å². The van der Waals surface area contributed by atoms with Crippen LogP contribution in [0.15, 0.2) is 46.9 Å². The smallest absolute Gasteiger partial charge is 0.226 e. The minimum Gasteiger partial charge on any atom is -0.384 e. The van der Waals surface area contributed by atoms with Crippen molar-refractivity contribution in [3.05, 3.63) is 57.5 Å². The average Bonchev–Trinajstić information content (AvgIpc) is 2.44. The highest BCUT2D eigenvalue weighted by molar-refractivity contribution is 9.10. The highest BCUT2D eigenvalue weighted by Gasteiger charge is 2.05. The number of hydrogen-bond acceptors (Lipinski definition) is 2. The van der Waals surface area contributed by atoms with Gasteiger partial charge in [0.05, 0.1) is 10.7 Å². The molecule has 0 saturated carbocycles. The van der Waals surface area contributed by atoms with Crippen LogP contribution in [0.1, 0.15) is 12.0 Å². The van der Waals surface area contributed by atoms with E-state index in [0.717, 1.165) is 10.2 Å². The van der Waals surface area contributed by atoms with Gasteiger partial charge in [-0.1, -0.05) is 29.8 Å². The molecular formula is C16H16BrClN2O. The first-order valence-corrected chi connectivity index (χ1v) is 7.78. The fourth-order valence-electron chi connectivity index (χ4n) is 1.85. The summed E-state index contributed by atoms with van der Waals surface area (Å²) in [6.07, 6.45) is 0.367. The second-order valence-corrected chi connectivity index (χ2v) is 5.95. The number of carbonyl (C=O) groups is 1. The Labute approximate surface area is 137 Å². The van der Waals surface area contributed by atoms with Crippen LogP contribution in [0.3, 0.4) is 0 Å². The SMILES string of the molecule is Cc1ccc(NCCC(=O)Nc2ccccc2Cl)c(Br)c1. The number of aryl methyl sites for hydroxylation is 1. The van der Waals surface area contributed by atoms with Gasteiger partial charge < -0.3 is 10.6 Å². The van der Waals surface area contributed by atoms with E-state index in [-0.39, 0.29) is 5.91 Å². The number of rotatable bonds is 5. The molecule has 0 aromatic heterocycles. The number of halogens is 2. The molecule has 2 N–H and O–H groups in total. The van der Waals surface area contributed by atoms with Gasteiger partial charge >= 0.3 is 0 Å². The van der Waals surface area contributed by atoms with Gasteiger partial charge in [-0.3, -0.25) is 4.79 Å². The van der Waals surface area contributed by atoms with E-state index in [1.807, 2.05) is 37.3 Å². The first-order chi connectivity index (χ1) is 10.1. The molecule has 0 bridgehead atoms. The van der Waals surface area contributed by atoms with E-state index < -0.39 is 0 Å². The zero-order valence-electron chi connectivity index (χ0n) is 11.6. The first-order valence-electron chi connectivity index (χ1n) is 6.60. The molecule has 0 radical (unpaired) electrons. The average molecular weight is 368 g/mol. The van der Waals surface area contributed by atoms with E-state index in [0.29, 0.717) is 23.7 Å². The van der Waals surface area contributed by atoms with E-state index >= 15 is 0 Å². The van der Waals surface area contributed by atoms with E-state index in [1.165, 1.54) is 5.56 Å². The zero-order chi connectivity index (χ0) is 15.2. The molecule has 110 valence electrons. The van der Waals surface area contributed by atoms with Gasteiger partial charge in [0, 0.05) is 23.1 Å². The Morgan fingerprint density at radius 3 is 2.67 bits per heavy atom. The molecule has 0 unspecified atom stereocenters. The zero-order valence-corrected chi connectivity index (χ0v) is 14.0. The predicted molar refractivity (Wildman–Crippen MR) is 92.1 cm³/mol. The maximum absolute atomic E-state index is 11.9. The Morgan fingerprint density at radius 1 is 1.19 bits per heavy atom. The molecule has 0 heterocycles. The highest BCUT2D eigenvalue weighted by atomic mass is 79.9. The van der Waals surface area contributed by atoms with Crippen LogP contribution in [-0.4, -0.2) is 12.5 Å². The molecule has 2 aromatic rings. The number of amides is 1. The number of nitrogens with one attached hydrogen (secondary N) is 2. The molecule has 0 aliphatic heterocycles. The molecule has 2 rings (SSSR count). The summed E-state index contributed by atoms with van der Waals surface area (Å²) in [6.45, 7) is 2.59. The summed E-state index contributed by atoms with van der Waals surface area (Å²) in [4.78, 5) is 11.9. The normalized spacial score (nSPS) is 10.2. The molecular weight excluding hydrogens is 352 g/mol. The van der Waals surface area contributed by atoms with Crippen molar-refractivity contribution in [2.24, 2.45) is 0 Å². The Balaban J connectivity index is 1.83. The lowest BCUT2D eigenvalue weighted by atomic mass is 10.2. The molecule has 1 amide bonds. The topological polar surface area (TPSA) is 41.1 Å². The van der Waals surface area contributed by atoms with Crippen LogP contribution in [-0.2, 0) is 4.79 Å². The lowest BCUT2D eigenvalue weighted by Crippen LogP contribution is -2.16. The molecule has 21 heavy (non-hydrogen) atoms. The number of para-hydroxylation sites is 1. The summed E-state index contributed by atoms with van der Waals surface area (Å²) in [5.74, 6) is -0.0705. The van der Waals surface area contributed by atoms with Gasteiger partial charge in [-0.2, -0.15) is 0 Å². The van der Waals surface area contributed by atoms with Crippen LogP contribution in [0.4, 0.5) is 11.4 Å². The Bertz CT molecular complexity index is 646. The van der Waals surface area contributed by atoms with Crippen LogP contribution in [0, 0.1) is 6.92 Å². The standard InChI is InChI=1S/C16H16BrClN2O/c1-11-6-7-14(12(17)10-11)19-9-8-16(21)20-15-5-3-2-4-13(15)18/h2-7,10,19H,8-9H2,1H3,(H,20,21). The third-order valence-electron chi connectivity index (χ3n) is 2.94. The third-order valence-corrected chi connectivity index (χ3v) is 3.93. The van der Waals surface area contributed by atoms with Crippen LogP contribution < -0.4 is 10.6 Å². The van der Waals surface area contributed by atoms with E-state index in [9.17, 15) is 4.79 Å². The number of hydrogen-bond donors (Lipinski definition) is 2. The van der Waals surface area contributed by atoms with Gasteiger partial charge in [-0.15, -0.1) is 0 Å². The van der Waals surface area contributed by atoms with Crippen LogP contribution in [0.5, 0.6) is 0 Å². The Morgan fingerprint density at radius 2 is 1.95 bits per heavy atom. The van der Waals surface area contributed by atoms with Crippen LogP contribution in [0.25, 0.3) is 0 Å². The van der Waals surface area contributed by atoms with Gasteiger partial charge in [0.25, 0.3) is 0 Å². The summed E-state index contributed by atoms with van der Waals surface area (Å²) in [6, 6.07) is 13.2. The van der Waals surface area contributed by atoms with Crippen molar-refractivity contribution in [3.63, 3.8) is 0 Å². The van der Waals surface area contributed by atoms with Crippen LogP contribution in [0.2, 0.25) is 5.02 Å². The van der Waals surface area contributed by atoms with Crippen molar-refractivity contribution in [1.29, 1.82) is 0 Å². The summed E-state index contributed by atoms with van der Waals surface area (Å²) in [7, 11) is 0. The maximum atomic E-state index is 11.9. The van der Waals surface area contributed by atoms with E-state index in [2.05, 4.69) is 26.6 Å². The molecule has 0 fully saturated rings. The minimum atomic E-state index is -0.0705. The predicted octanol–water partition coefficient (Wildman–Crippen LogP) is 4.85. The molecule has 5 heteroatoms. The van der Waals surface area contributed by atoms with E-state index in [1.54, 1.807) is 12.1 Å². The van der Waals surface area contributed by atoms with Gasteiger partial charge in [-0.05, 0) is 52.7 Å². The second-order valence-electron chi connectivity index (χ2n) is 4.69. The van der Waals surface area contributed by atoms with Gasteiger partial charge in [0.15, 0.2) is 0 Å². The van der Waals surface area contributed by atoms with Crippen molar-refractivity contribution in [1.82, 2.24) is 0 Å². The van der Waals surface area contributed by atoms with Crippen molar-refractivity contribution in [2.75, 3.05) is 17.2 Å². The molecule has 0 spiro atoms. The monoisotopic (exact) mass is 366 g/mol. The molecule has 0 aliphatic carbocycles. The molecule has 0 saturated heterocycles. The molecule has 0 aliphatic rings. The Hall–Kier alpha value is -1.52. The fourth-order valence-corrected chi connectivity index (χ4v) is 2.67. The second kappa shape index (κ2) is 7.48. The summed E-state index contributed by atoms with van der Waals surface area (Å²) < 4.78 is 0.994. The minimum absolute atomic E-state index is 0.0705. The number of anilines is 2. The molecule has 3 nitrogen and oxygen atoms in total. The maximum Gasteiger partial charge on any atom is 0.226 e. The highest BCUT2D eigenvalue weighted by Crippen LogP contribution is 2.23. The van der Waals surface area contributed by atoms with Crippen molar-refractivity contribution >= 4 is 44.8 Å². The number of carbonyl (C=O) groups excluding carboxylic acids is 1. The van der Waals surface area contributed by atoms with Gasteiger partial charge in [-0.25, -0.2) is 0 Å². The van der Waals surface area contributed by atoms with Crippen molar-refractivity contribution < 1.29 is 4.79 Å². The van der Waals surface area contributed by atoms with Gasteiger partial charge in [0.1, 0.15) is 0 Å². The van der Waals surface area contributed by atoms with Gasteiger partial charge in [0.2, 0.25) is 5.91 Å². The van der Waals surface area contributed by atoms with Crippen LogP contribution >= 0.6 is 27.5 Å². The summed E-state index contributed by atoms with van der Waals surface area (Å²) in [5, 5.41) is 6.57. The summed E-state index contributed by atoms with van der Waals surface area (Å²) >= 11 is 9.49. The lowest BCUT2D eigenvalue weighted by Gasteiger charge is -2.10. The fraction of sp³-hybridized carbons (Fsp3) is 0.188.